The molecular formula is C31H30N4O. The van der Waals surface area contributed by atoms with Gasteiger partial charge < -0.3 is 4.90 Å². The molecule has 3 heterocycles. The summed E-state index contributed by atoms with van der Waals surface area (Å²) < 4.78 is 0. The molecule has 1 aromatic heterocycles. The smallest absolute Gasteiger partial charge is 0.238 e. The molecule has 0 bridgehead atoms. The fourth-order valence-electron chi connectivity index (χ4n) is 6.38. The zero-order valence-corrected chi connectivity index (χ0v) is 20.6. The van der Waals surface area contributed by atoms with Crippen LogP contribution < -0.4 is 4.90 Å². The summed E-state index contributed by atoms with van der Waals surface area (Å²) in [4.78, 5) is 17.6. The van der Waals surface area contributed by atoms with Gasteiger partial charge in [-0.1, -0.05) is 60.7 Å². The number of hydrogen-bond acceptors (Lipinski definition) is 3. The first kappa shape index (κ1) is 21.6. The number of benzene rings is 3. The standard InChI is InChI=1S/C31H30N4O/c1-34-29-7-3-2-6-25(29)31(30(34)36)19-26(31)23-13-14-24-27(32-33-28(24)18-23)15-12-21-8-10-22(11-9-21)20-35-16-4-5-17-35/h2-3,6-15,18,26H,4-5,16-17,19-20H2,1H3,(H,32,33)/b15-12+. The molecule has 4 aromatic rings. The maximum atomic E-state index is 13.2. The van der Waals surface area contributed by atoms with Gasteiger partial charge in [-0.05, 0) is 72.8 Å². The molecular weight excluding hydrogens is 444 g/mol. The zero-order valence-electron chi connectivity index (χ0n) is 20.6. The minimum atomic E-state index is -0.400. The molecule has 3 aromatic carbocycles. The molecule has 3 aliphatic rings. The molecule has 1 amide bonds. The van der Waals surface area contributed by atoms with Gasteiger partial charge in [0.1, 0.15) is 0 Å². The van der Waals surface area contributed by atoms with Gasteiger partial charge in [-0.15, -0.1) is 0 Å². The number of aromatic amines is 1. The lowest BCUT2D eigenvalue weighted by atomic mass is 9.92. The van der Waals surface area contributed by atoms with Gasteiger partial charge in [-0.2, -0.15) is 5.10 Å². The average molecular weight is 475 g/mol. The number of amides is 1. The number of H-pyrrole nitrogens is 1. The largest absolute Gasteiger partial charge is 0.314 e. The van der Waals surface area contributed by atoms with E-state index in [9.17, 15) is 4.79 Å². The third-order valence-electron chi connectivity index (χ3n) is 8.43. The molecule has 2 unspecified atom stereocenters. The fourth-order valence-corrected chi connectivity index (χ4v) is 6.38. The Bertz CT molecular complexity index is 1490. The molecule has 1 N–H and O–H groups in total. The Hall–Kier alpha value is -3.70. The van der Waals surface area contributed by atoms with E-state index in [2.05, 4.69) is 81.8 Å². The third kappa shape index (κ3) is 3.34. The lowest BCUT2D eigenvalue weighted by Crippen LogP contribution is -2.29. The highest BCUT2D eigenvalue weighted by atomic mass is 16.2. The van der Waals surface area contributed by atoms with Crippen molar-refractivity contribution < 1.29 is 4.79 Å². The topological polar surface area (TPSA) is 52.2 Å². The van der Waals surface area contributed by atoms with Crippen LogP contribution in [-0.2, 0) is 16.8 Å². The van der Waals surface area contributed by atoms with Gasteiger partial charge in [0.2, 0.25) is 5.91 Å². The van der Waals surface area contributed by atoms with Crippen LogP contribution in [0, 0.1) is 0 Å². The lowest BCUT2D eigenvalue weighted by Gasteiger charge is -2.14. The summed E-state index contributed by atoms with van der Waals surface area (Å²) in [5, 5.41) is 8.89. The molecule has 1 saturated carbocycles. The Morgan fingerprint density at radius 1 is 1.03 bits per heavy atom. The lowest BCUT2D eigenvalue weighted by molar-refractivity contribution is -0.120. The molecule has 7 rings (SSSR count). The molecule has 5 nitrogen and oxygen atoms in total. The number of carbonyl (C=O) groups is 1. The minimum absolute atomic E-state index is 0.210. The Balaban J connectivity index is 1.10. The van der Waals surface area contributed by atoms with Crippen molar-refractivity contribution >= 4 is 34.6 Å². The van der Waals surface area contributed by atoms with Crippen molar-refractivity contribution in [1.82, 2.24) is 15.1 Å². The Morgan fingerprint density at radius 3 is 2.67 bits per heavy atom. The van der Waals surface area contributed by atoms with Crippen LogP contribution in [-0.4, -0.2) is 41.1 Å². The van der Waals surface area contributed by atoms with E-state index < -0.39 is 5.41 Å². The van der Waals surface area contributed by atoms with Crippen molar-refractivity contribution in [3.8, 4) is 0 Å². The predicted octanol–water partition coefficient (Wildman–Crippen LogP) is 5.73. The molecule has 36 heavy (non-hydrogen) atoms. The van der Waals surface area contributed by atoms with Crippen LogP contribution in [0.2, 0.25) is 0 Å². The molecule has 1 saturated heterocycles. The van der Waals surface area contributed by atoms with E-state index in [4.69, 9.17) is 0 Å². The van der Waals surface area contributed by atoms with Crippen LogP contribution in [0.25, 0.3) is 23.1 Å². The summed E-state index contributed by atoms with van der Waals surface area (Å²) in [6.45, 7) is 3.49. The number of carbonyl (C=O) groups excluding carboxylic acids is 1. The second-order valence-corrected chi connectivity index (χ2v) is 10.6. The van der Waals surface area contributed by atoms with Crippen molar-refractivity contribution in [3.63, 3.8) is 0 Å². The van der Waals surface area contributed by atoms with Crippen LogP contribution in [0.5, 0.6) is 0 Å². The number of rotatable bonds is 5. The van der Waals surface area contributed by atoms with E-state index >= 15 is 0 Å². The summed E-state index contributed by atoms with van der Waals surface area (Å²) in [7, 11) is 1.89. The van der Waals surface area contributed by atoms with E-state index in [1.165, 1.54) is 48.2 Å². The van der Waals surface area contributed by atoms with Crippen LogP contribution in [0.3, 0.4) is 0 Å². The molecule has 1 spiro atoms. The van der Waals surface area contributed by atoms with E-state index in [1.54, 1.807) is 0 Å². The number of hydrogen-bond donors (Lipinski definition) is 1. The molecule has 0 radical (unpaired) electrons. The first-order valence-electron chi connectivity index (χ1n) is 13.0. The Labute approximate surface area is 211 Å². The van der Waals surface area contributed by atoms with Crippen LogP contribution in [0.1, 0.15) is 53.1 Å². The molecule has 2 fully saturated rings. The maximum Gasteiger partial charge on any atom is 0.238 e. The monoisotopic (exact) mass is 474 g/mol. The molecule has 2 aliphatic heterocycles. The Kier molecular flexibility index (Phi) is 4.90. The Morgan fingerprint density at radius 2 is 1.83 bits per heavy atom. The molecule has 5 heteroatoms. The average Bonchev–Trinajstić information content (AvgIpc) is 3.14. The van der Waals surface area contributed by atoms with Crippen molar-refractivity contribution in [3.05, 3.63) is 94.7 Å². The van der Waals surface area contributed by atoms with Crippen LogP contribution in [0.15, 0.2) is 66.7 Å². The van der Waals surface area contributed by atoms with Gasteiger partial charge in [-0.3, -0.25) is 14.8 Å². The second kappa shape index (κ2) is 8.17. The number of likely N-dealkylation sites (N-methyl/N-ethyl adjacent to an activating group) is 1. The summed E-state index contributed by atoms with van der Waals surface area (Å²) in [5.74, 6) is 0.426. The number of fused-ring (bicyclic) bond motifs is 3. The minimum Gasteiger partial charge on any atom is -0.314 e. The maximum absolute atomic E-state index is 13.2. The van der Waals surface area contributed by atoms with Gasteiger partial charge in [0, 0.05) is 30.6 Å². The second-order valence-electron chi connectivity index (χ2n) is 10.6. The van der Waals surface area contributed by atoms with Crippen molar-refractivity contribution in [2.24, 2.45) is 0 Å². The number of likely N-dealkylation sites (tertiary alicyclic amines) is 1. The van der Waals surface area contributed by atoms with Crippen molar-refractivity contribution in [2.75, 3.05) is 25.0 Å². The first-order chi connectivity index (χ1) is 17.6. The molecule has 2 atom stereocenters. The van der Waals surface area contributed by atoms with E-state index in [0.717, 1.165) is 35.2 Å². The first-order valence-corrected chi connectivity index (χ1v) is 13.0. The number of nitrogens with one attached hydrogen (secondary N) is 1. The quantitative estimate of drug-likeness (QED) is 0.402. The SMILES string of the molecule is CN1C(=O)C2(CC2c2ccc3c(/C=C/c4ccc(CN5CCCC5)cc4)n[nH]c3c2)c2ccccc21. The van der Waals surface area contributed by atoms with E-state index in [-0.39, 0.29) is 11.8 Å². The predicted molar refractivity (Wildman–Crippen MR) is 145 cm³/mol. The van der Waals surface area contributed by atoms with Gasteiger partial charge in [0.25, 0.3) is 0 Å². The third-order valence-corrected chi connectivity index (χ3v) is 8.43. The highest BCUT2D eigenvalue weighted by Crippen LogP contribution is 2.66. The number of para-hydroxylation sites is 1. The number of anilines is 1. The van der Waals surface area contributed by atoms with Crippen LogP contribution in [0.4, 0.5) is 5.69 Å². The van der Waals surface area contributed by atoms with Crippen molar-refractivity contribution in [2.45, 2.75) is 37.1 Å². The molecule has 1 aliphatic carbocycles. The number of nitrogens with zero attached hydrogens (tertiary/aromatic N) is 3. The summed E-state index contributed by atoms with van der Waals surface area (Å²) in [5.41, 5.74) is 7.52. The fraction of sp³-hybridized carbons (Fsp3) is 0.290. The van der Waals surface area contributed by atoms with Gasteiger partial charge in [0.15, 0.2) is 0 Å². The summed E-state index contributed by atoms with van der Waals surface area (Å²) in [6, 6.07) is 23.6. The van der Waals surface area contributed by atoms with Gasteiger partial charge >= 0.3 is 0 Å². The van der Waals surface area contributed by atoms with Crippen LogP contribution >= 0.6 is 0 Å². The van der Waals surface area contributed by atoms with Gasteiger partial charge in [0.05, 0.1) is 16.6 Å². The van der Waals surface area contributed by atoms with E-state index in [1.807, 2.05) is 24.1 Å². The molecule has 180 valence electrons. The van der Waals surface area contributed by atoms with Crippen molar-refractivity contribution in [1.29, 1.82) is 0 Å². The summed E-state index contributed by atoms with van der Waals surface area (Å²) >= 11 is 0. The normalized spacial score (nSPS) is 23.4. The van der Waals surface area contributed by atoms with Gasteiger partial charge in [-0.25, -0.2) is 0 Å². The highest BCUT2D eigenvalue weighted by Gasteiger charge is 2.66. The summed E-state index contributed by atoms with van der Waals surface area (Å²) in [6.07, 6.45) is 7.73. The zero-order chi connectivity index (χ0) is 24.3. The number of aromatic nitrogens is 2. The van der Waals surface area contributed by atoms with E-state index in [0.29, 0.717) is 0 Å². The highest BCUT2D eigenvalue weighted by molar-refractivity contribution is 6.11.